The molecule has 1 unspecified atom stereocenters. The number of piperidine rings is 1. The van der Waals surface area contributed by atoms with Crippen LogP contribution in [0.3, 0.4) is 0 Å². The first-order valence-corrected chi connectivity index (χ1v) is 10.4. The molecule has 2 amide bonds. The van der Waals surface area contributed by atoms with Crippen molar-refractivity contribution in [3.05, 3.63) is 72.8 Å². The number of benzene rings is 1. The highest BCUT2D eigenvalue weighted by atomic mass is 16.2. The maximum Gasteiger partial charge on any atom is 0.324 e. The molecule has 3 N–H and O–H groups in total. The van der Waals surface area contributed by atoms with Gasteiger partial charge < -0.3 is 15.2 Å². The van der Waals surface area contributed by atoms with Crippen molar-refractivity contribution >= 4 is 34.4 Å². The quantitative estimate of drug-likeness (QED) is 0.426. The average Bonchev–Trinajstić information content (AvgIpc) is 3.29. The van der Waals surface area contributed by atoms with Gasteiger partial charge in [0, 0.05) is 40.9 Å². The fraction of sp³-hybridized carbons (Fsp3) is 0.217. The fourth-order valence-corrected chi connectivity index (χ4v) is 4.07. The lowest BCUT2D eigenvalue weighted by atomic mass is 9.94. The standard InChI is InChI=1S/C23H23N7O.3H2/c31-23(27-17-7-2-1-3-8-17)29-20-10-4-9-19(28-20)16-6-5-13-30(14-16)22-18-11-12-24-21(18)25-15-26-22;;;/h1-4,7-12,15-16H,5-6,13-14H2,(H,24,25,26)(H2,27,28,29,31);3*1H. The van der Waals surface area contributed by atoms with Gasteiger partial charge in [0.05, 0.1) is 5.39 Å². The third kappa shape index (κ3) is 4.18. The molecule has 5 rings (SSSR count). The van der Waals surface area contributed by atoms with Crippen molar-refractivity contribution in [1.82, 2.24) is 19.9 Å². The topological polar surface area (TPSA) is 98.8 Å². The molecule has 8 heteroatoms. The second kappa shape index (κ2) is 8.43. The number of hydrogen-bond donors (Lipinski definition) is 3. The van der Waals surface area contributed by atoms with Gasteiger partial charge in [0.25, 0.3) is 0 Å². The van der Waals surface area contributed by atoms with E-state index in [1.807, 2.05) is 60.8 Å². The number of nitrogens with zero attached hydrogens (tertiary/aromatic N) is 4. The highest BCUT2D eigenvalue weighted by molar-refractivity contribution is 5.99. The normalized spacial score (nSPS) is 16.3. The summed E-state index contributed by atoms with van der Waals surface area (Å²) in [6.07, 6.45) is 5.59. The van der Waals surface area contributed by atoms with Gasteiger partial charge in [-0.1, -0.05) is 24.3 Å². The van der Waals surface area contributed by atoms with Gasteiger partial charge in [-0.05, 0) is 43.2 Å². The summed E-state index contributed by atoms with van der Waals surface area (Å²) in [7, 11) is 0. The van der Waals surface area contributed by atoms with E-state index < -0.39 is 0 Å². The van der Waals surface area contributed by atoms with Crippen LogP contribution >= 0.6 is 0 Å². The summed E-state index contributed by atoms with van der Waals surface area (Å²) < 4.78 is 0. The first kappa shape index (κ1) is 19.0. The van der Waals surface area contributed by atoms with Gasteiger partial charge in [-0.25, -0.2) is 19.7 Å². The minimum Gasteiger partial charge on any atom is -0.355 e. The van der Waals surface area contributed by atoms with Crippen LogP contribution < -0.4 is 15.5 Å². The summed E-state index contributed by atoms with van der Waals surface area (Å²) in [5, 5.41) is 6.68. The van der Waals surface area contributed by atoms with Crippen molar-refractivity contribution in [2.24, 2.45) is 0 Å². The predicted molar refractivity (Wildman–Crippen MR) is 128 cm³/mol. The minimum atomic E-state index is -0.308. The van der Waals surface area contributed by atoms with E-state index in [0.29, 0.717) is 5.82 Å². The van der Waals surface area contributed by atoms with E-state index in [4.69, 9.17) is 4.98 Å². The molecule has 1 aliphatic heterocycles. The Hall–Kier alpha value is -3.94. The molecule has 0 radical (unpaired) electrons. The summed E-state index contributed by atoms with van der Waals surface area (Å²) in [5.74, 6) is 1.75. The monoisotopic (exact) mass is 419 g/mol. The molecule has 0 saturated carbocycles. The van der Waals surface area contributed by atoms with Crippen molar-refractivity contribution in [1.29, 1.82) is 0 Å². The lowest BCUT2D eigenvalue weighted by Crippen LogP contribution is -2.35. The summed E-state index contributed by atoms with van der Waals surface area (Å²) in [6, 6.07) is 16.8. The molecule has 31 heavy (non-hydrogen) atoms. The number of aromatic amines is 1. The first-order chi connectivity index (χ1) is 15.3. The number of anilines is 3. The van der Waals surface area contributed by atoms with Crippen LogP contribution in [0.1, 0.15) is 28.7 Å². The average molecular weight is 420 g/mol. The molecule has 4 aromatic rings. The number of fused-ring (bicyclic) bond motifs is 1. The summed E-state index contributed by atoms with van der Waals surface area (Å²) in [6.45, 7) is 1.77. The van der Waals surface area contributed by atoms with Crippen LogP contribution in [0.4, 0.5) is 22.1 Å². The van der Waals surface area contributed by atoms with E-state index in [1.54, 1.807) is 6.33 Å². The Morgan fingerprint density at radius 2 is 1.97 bits per heavy atom. The molecule has 0 bridgehead atoms. The number of carbonyl (C=O) groups excluding carboxylic acids is 1. The zero-order chi connectivity index (χ0) is 21.0. The number of rotatable bonds is 4. The van der Waals surface area contributed by atoms with Gasteiger partial charge in [0.1, 0.15) is 23.6 Å². The van der Waals surface area contributed by atoms with E-state index >= 15 is 0 Å². The van der Waals surface area contributed by atoms with Gasteiger partial charge in [-0.15, -0.1) is 0 Å². The van der Waals surface area contributed by atoms with E-state index in [-0.39, 0.29) is 16.2 Å². The summed E-state index contributed by atoms with van der Waals surface area (Å²) >= 11 is 0. The summed E-state index contributed by atoms with van der Waals surface area (Å²) in [4.78, 5) is 31.3. The Balaban J connectivity index is 0.00000136. The van der Waals surface area contributed by atoms with Crippen LogP contribution in [0.15, 0.2) is 67.1 Å². The van der Waals surface area contributed by atoms with Crippen LogP contribution in [-0.2, 0) is 0 Å². The van der Waals surface area contributed by atoms with Gasteiger partial charge in [0.15, 0.2) is 0 Å². The van der Waals surface area contributed by atoms with Crippen LogP contribution in [0, 0.1) is 0 Å². The number of H-pyrrole nitrogens is 1. The van der Waals surface area contributed by atoms with Gasteiger partial charge in [-0.2, -0.15) is 0 Å². The minimum absolute atomic E-state index is 0. The van der Waals surface area contributed by atoms with E-state index in [2.05, 4.69) is 30.5 Å². The molecule has 162 valence electrons. The molecule has 8 nitrogen and oxygen atoms in total. The Bertz CT molecular complexity index is 1210. The maximum absolute atomic E-state index is 12.3. The third-order valence-corrected chi connectivity index (χ3v) is 5.52. The number of hydrogen-bond acceptors (Lipinski definition) is 5. The van der Waals surface area contributed by atoms with E-state index in [0.717, 1.165) is 54.2 Å². The molecular weight excluding hydrogens is 390 g/mol. The molecule has 3 aromatic heterocycles. The number of urea groups is 1. The Morgan fingerprint density at radius 1 is 1.06 bits per heavy atom. The molecule has 1 atom stereocenters. The Kier molecular flexibility index (Phi) is 5.18. The first-order valence-electron chi connectivity index (χ1n) is 10.4. The molecule has 4 heterocycles. The second-order valence-electron chi connectivity index (χ2n) is 7.62. The highest BCUT2D eigenvalue weighted by Crippen LogP contribution is 2.31. The molecular formula is C23H29N7O. The number of pyridine rings is 1. The molecule has 1 saturated heterocycles. The van der Waals surface area contributed by atoms with Crippen molar-refractivity contribution in [2.75, 3.05) is 28.6 Å². The SMILES string of the molecule is O=C(Nc1ccccc1)Nc1cccc(C2CCCN(c3ncnc4[nH]ccc34)C2)n1.[HH].[HH].[HH]. The highest BCUT2D eigenvalue weighted by Gasteiger charge is 2.25. The predicted octanol–water partition coefficient (Wildman–Crippen LogP) is 5.12. The zero-order valence-electron chi connectivity index (χ0n) is 17.0. The Morgan fingerprint density at radius 3 is 2.87 bits per heavy atom. The van der Waals surface area contributed by atoms with E-state index in [1.165, 1.54) is 0 Å². The zero-order valence-corrected chi connectivity index (χ0v) is 17.0. The summed E-state index contributed by atoms with van der Waals surface area (Å²) in [5.41, 5.74) is 2.56. The number of para-hydroxylation sites is 1. The van der Waals surface area contributed by atoms with Gasteiger partial charge in [0.2, 0.25) is 0 Å². The van der Waals surface area contributed by atoms with Gasteiger partial charge in [-0.3, -0.25) is 5.32 Å². The smallest absolute Gasteiger partial charge is 0.324 e. The van der Waals surface area contributed by atoms with Gasteiger partial charge >= 0.3 is 6.03 Å². The number of carbonyl (C=O) groups is 1. The van der Waals surface area contributed by atoms with Crippen molar-refractivity contribution in [2.45, 2.75) is 18.8 Å². The maximum atomic E-state index is 12.3. The van der Waals surface area contributed by atoms with Crippen LogP contribution in [0.25, 0.3) is 11.0 Å². The molecule has 1 aromatic carbocycles. The number of nitrogens with one attached hydrogen (secondary N) is 3. The van der Waals surface area contributed by atoms with Crippen molar-refractivity contribution in [3.8, 4) is 0 Å². The molecule has 0 spiro atoms. The fourth-order valence-electron chi connectivity index (χ4n) is 4.07. The molecule has 1 fully saturated rings. The van der Waals surface area contributed by atoms with E-state index in [9.17, 15) is 4.79 Å². The third-order valence-electron chi connectivity index (χ3n) is 5.52. The molecule has 0 aliphatic carbocycles. The van der Waals surface area contributed by atoms with Crippen LogP contribution in [0.5, 0.6) is 0 Å². The second-order valence-corrected chi connectivity index (χ2v) is 7.62. The van der Waals surface area contributed by atoms with Crippen LogP contribution in [0.2, 0.25) is 0 Å². The lowest BCUT2D eigenvalue weighted by molar-refractivity contribution is 0.262. The molecule has 1 aliphatic rings. The van der Waals surface area contributed by atoms with Crippen molar-refractivity contribution < 1.29 is 9.07 Å². The number of amides is 2. The van der Waals surface area contributed by atoms with Crippen molar-refractivity contribution in [3.63, 3.8) is 0 Å². The number of aromatic nitrogens is 4. The lowest BCUT2D eigenvalue weighted by Gasteiger charge is -2.33. The van der Waals surface area contributed by atoms with Crippen LogP contribution in [-0.4, -0.2) is 39.1 Å². The largest absolute Gasteiger partial charge is 0.355 e. The Labute approximate surface area is 184 Å².